The molecule has 2 heteroatoms. The molecule has 18 heavy (non-hydrogen) atoms. The van der Waals surface area contributed by atoms with E-state index in [1.807, 2.05) is 0 Å². The highest BCUT2D eigenvalue weighted by Crippen LogP contribution is 2.32. The monoisotopic (exact) mass is 247 g/mol. The van der Waals surface area contributed by atoms with E-state index in [9.17, 15) is 0 Å². The molecule has 1 aliphatic carbocycles. The fraction of sp³-hybridized carbons (Fsp3) is 0.625. The molecule has 1 aromatic carbocycles. The lowest BCUT2D eigenvalue weighted by Gasteiger charge is -2.38. The lowest BCUT2D eigenvalue weighted by Crippen LogP contribution is -2.48. The average Bonchev–Trinajstić information content (AvgIpc) is 2.28. The highest BCUT2D eigenvalue weighted by atomic mass is 16.5. The maximum Gasteiger partial charge on any atom is 0.122 e. The summed E-state index contributed by atoms with van der Waals surface area (Å²) in [6.07, 6.45) is 2.44. The van der Waals surface area contributed by atoms with Gasteiger partial charge in [-0.25, -0.2) is 0 Å². The highest BCUT2D eigenvalue weighted by molar-refractivity contribution is 5.38. The Kier molecular flexibility index (Phi) is 3.96. The molecule has 1 aromatic rings. The Labute approximate surface area is 111 Å². The maximum atomic E-state index is 6.27. The summed E-state index contributed by atoms with van der Waals surface area (Å²) < 4.78 is 6.21. The van der Waals surface area contributed by atoms with Gasteiger partial charge in [0.15, 0.2) is 0 Å². The van der Waals surface area contributed by atoms with Crippen LogP contribution in [0.15, 0.2) is 18.2 Å². The molecule has 0 bridgehead atoms. The lowest BCUT2D eigenvalue weighted by atomic mass is 9.78. The molecule has 0 saturated heterocycles. The van der Waals surface area contributed by atoms with Crippen molar-refractivity contribution >= 4 is 0 Å². The van der Waals surface area contributed by atoms with E-state index < -0.39 is 0 Å². The predicted octanol–water partition coefficient (Wildman–Crippen LogP) is 3.44. The van der Waals surface area contributed by atoms with Crippen LogP contribution in [0.1, 0.15) is 37.8 Å². The lowest BCUT2D eigenvalue weighted by molar-refractivity contribution is 0.0620. The molecule has 100 valence electrons. The molecule has 0 aromatic heterocycles. The third-order valence-electron chi connectivity index (χ3n) is 4.25. The number of benzene rings is 1. The topological polar surface area (TPSA) is 35.2 Å². The fourth-order valence-corrected chi connectivity index (χ4v) is 3.09. The first-order valence-electron chi connectivity index (χ1n) is 6.97. The summed E-state index contributed by atoms with van der Waals surface area (Å²) in [6, 6.07) is 6.39. The molecule has 0 aliphatic heterocycles. The molecule has 4 atom stereocenters. The van der Waals surface area contributed by atoms with E-state index in [4.69, 9.17) is 10.5 Å². The van der Waals surface area contributed by atoms with Crippen LogP contribution in [0.4, 0.5) is 0 Å². The Morgan fingerprint density at radius 3 is 2.56 bits per heavy atom. The Balaban J connectivity index is 2.15. The minimum absolute atomic E-state index is 0.154. The largest absolute Gasteiger partial charge is 0.488 e. The third kappa shape index (κ3) is 2.69. The molecule has 2 nitrogen and oxygen atoms in total. The van der Waals surface area contributed by atoms with Crippen molar-refractivity contribution in [2.24, 2.45) is 17.6 Å². The van der Waals surface area contributed by atoms with Crippen molar-refractivity contribution in [1.82, 2.24) is 0 Å². The van der Waals surface area contributed by atoms with Gasteiger partial charge in [-0.1, -0.05) is 26.0 Å². The second-order valence-electron chi connectivity index (χ2n) is 6.00. The predicted molar refractivity (Wildman–Crippen MR) is 75.9 cm³/mol. The molecule has 1 fully saturated rings. The van der Waals surface area contributed by atoms with E-state index in [1.165, 1.54) is 17.5 Å². The molecule has 4 unspecified atom stereocenters. The fourth-order valence-electron chi connectivity index (χ4n) is 3.09. The molecule has 0 spiro atoms. The van der Waals surface area contributed by atoms with Gasteiger partial charge in [0.1, 0.15) is 11.9 Å². The minimum Gasteiger partial charge on any atom is -0.488 e. The van der Waals surface area contributed by atoms with Crippen LogP contribution in [-0.4, -0.2) is 12.1 Å². The van der Waals surface area contributed by atoms with Crippen LogP contribution in [0.2, 0.25) is 0 Å². The smallest absolute Gasteiger partial charge is 0.122 e. The van der Waals surface area contributed by atoms with Crippen molar-refractivity contribution in [1.29, 1.82) is 0 Å². The normalized spacial score (nSPS) is 32.3. The first kappa shape index (κ1) is 13.4. The zero-order chi connectivity index (χ0) is 13.3. The van der Waals surface area contributed by atoms with Crippen LogP contribution < -0.4 is 10.5 Å². The number of rotatable bonds is 2. The van der Waals surface area contributed by atoms with Crippen molar-refractivity contribution in [2.75, 3.05) is 0 Å². The van der Waals surface area contributed by atoms with E-state index in [0.29, 0.717) is 11.8 Å². The van der Waals surface area contributed by atoms with Gasteiger partial charge >= 0.3 is 0 Å². The van der Waals surface area contributed by atoms with Gasteiger partial charge in [0.25, 0.3) is 0 Å². The summed E-state index contributed by atoms with van der Waals surface area (Å²) in [4.78, 5) is 0. The van der Waals surface area contributed by atoms with E-state index in [2.05, 4.69) is 45.9 Å². The van der Waals surface area contributed by atoms with Gasteiger partial charge in [-0.3, -0.25) is 0 Å². The molecular weight excluding hydrogens is 222 g/mol. The van der Waals surface area contributed by atoms with E-state index in [1.54, 1.807) is 0 Å². The van der Waals surface area contributed by atoms with E-state index in [-0.39, 0.29) is 12.1 Å². The second kappa shape index (κ2) is 5.31. The first-order valence-corrected chi connectivity index (χ1v) is 6.97. The standard InChI is InChI=1S/C16H25NO/c1-10-8-12(3)16(14(17)9-10)18-15-7-5-6-11(2)13(15)4/h5-7,10,12,14,16H,8-9,17H2,1-4H3. The Hall–Kier alpha value is -1.02. The van der Waals surface area contributed by atoms with Crippen molar-refractivity contribution in [3.63, 3.8) is 0 Å². The van der Waals surface area contributed by atoms with E-state index >= 15 is 0 Å². The summed E-state index contributed by atoms with van der Waals surface area (Å²) in [6.45, 7) is 8.77. The molecular formula is C16H25NO. The Bertz CT molecular complexity index is 404. The van der Waals surface area contributed by atoms with Gasteiger partial charge in [0.05, 0.1) is 0 Å². The summed E-state index contributed by atoms with van der Waals surface area (Å²) in [5, 5.41) is 0. The van der Waals surface area contributed by atoms with Crippen LogP contribution in [0.25, 0.3) is 0 Å². The van der Waals surface area contributed by atoms with Gasteiger partial charge in [0.2, 0.25) is 0 Å². The van der Waals surface area contributed by atoms with Crippen LogP contribution >= 0.6 is 0 Å². The molecule has 0 heterocycles. The Morgan fingerprint density at radius 2 is 1.89 bits per heavy atom. The highest BCUT2D eigenvalue weighted by Gasteiger charge is 2.33. The van der Waals surface area contributed by atoms with Gasteiger partial charge in [-0.2, -0.15) is 0 Å². The third-order valence-corrected chi connectivity index (χ3v) is 4.25. The minimum atomic E-state index is 0.154. The SMILES string of the molecule is Cc1cccc(OC2C(C)CC(C)CC2N)c1C. The summed E-state index contributed by atoms with van der Waals surface area (Å²) in [7, 11) is 0. The summed E-state index contributed by atoms with van der Waals surface area (Å²) in [5.74, 6) is 2.24. The second-order valence-corrected chi connectivity index (χ2v) is 6.00. The first-order chi connectivity index (χ1) is 8.49. The number of aryl methyl sites for hydroxylation is 1. The number of hydrogen-bond donors (Lipinski definition) is 1. The zero-order valence-corrected chi connectivity index (χ0v) is 11.9. The average molecular weight is 247 g/mol. The molecule has 1 saturated carbocycles. The van der Waals surface area contributed by atoms with Crippen LogP contribution in [0.3, 0.4) is 0 Å². The van der Waals surface area contributed by atoms with Gasteiger partial charge in [-0.15, -0.1) is 0 Å². The number of nitrogens with two attached hydrogens (primary N) is 1. The van der Waals surface area contributed by atoms with Crippen molar-refractivity contribution in [3.05, 3.63) is 29.3 Å². The van der Waals surface area contributed by atoms with Gasteiger partial charge in [0, 0.05) is 6.04 Å². The zero-order valence-electron chi connectivity index (χ0n) is 11.9. The molecule has 0 amide bonds. The quantitative estimate of drug-likeness (QED) is 0.869. The summed E-state index contributed by atoms with van der Waals surface area (Å²) in [5.41, 5.74) is 8.78. The van der Waals surface area contributed by atoms with Crippen LogP contribution in [-0.2, 0) is 0 Å². The van der Waals surface area contributed by atoms with Crippen molar-refractivity contribution in [3.8, 4) is 5.75 Å². The van der Waals surface area contributed by atoms with Gasteiger partial charge < -0.3 is 10.5 Å². The number of ether oxygens (including phenoxy) is 1. The molecule has 0 radical (unpaired) electrons. The Morgan fingerprint density at radius 1 is 1.17 bits per heavy atom. The molecule has 2 N–H and O–H groups in total. The van der Waals surface area contributed by atoms with Crippen molar-refractivity contribution < 1.29 is 4.74 Å². The molecule has 1 aliphatic rings. The van der Waals surface area contributed by atoms with Crippen LogP contribution in [0, 0.1) is 25.7 Å². The van der Waals surface area contributed by atoms with E-state index in [0.717, 1.165) is 12.2 Å². The van der Waals surface area contributed by atoms with Crippen LogP contribution in [0.5, 0.6) is 5.75 Å². The summed E-state index contributed by atoms with van der Waals surface area (Å²) >= 11 is 0. The van der Waals surface area contributed by atoms with Gasteiger partial charge in [-0.05, 0) is 55.7 Å². The molecule has 2 rings (SSSR count). The maximum absolute atomic E-state index is 6.27. The number of hydrogen-bond acceptors (Lipinski definition) is 2. The van der Waals surface area contributed by atoms with Crippen molar-refractivity contribution in [2.45, 2.75) is 52.7 Å².